The number of anilines is 1. The van der Waals surface area contributed by atoms with Gasteiger partial charge in [0.2, 0.25) is 11.8 Å². The molecular formula is C19H28FN3O2. The first-order chi connectivity index (χ1) is 11.8. The molecule has 0 saturated carbocycles. The van der Waals surface area contributed by atoms with Crippen molar-refractivity contribution in [2.24, 2.45) is 11.8 Å². The van der Waals surface area contributed by atoms with Crippen molar-refractivity contribution >= 4 is 17.5 Å². The molecule has 0 aliphatic carbocycles. The van der Waals surface area contributed by atoms with Crippen molar-refractivity contribution < 1.29 is 14.0 Å². The molecule has 1 aromatic carbocycles. The number of likely N-dealkylation sites (N-methyl/N-ethyl adjacent to an activating group) is 1. The van der Waals surface area contributed by atoms with E-state index in [9.17, 15) is 14.0 Å². The Labute approximate surface area is 149 Å². The summed E-state index contributed by atoms with van der Waals surface area (Å²) < 4.78 is 12.9. The topological polar surface area (TPSA) is 52.7 Å². The van der Waals surface area contributed by atoms with Gasteiger partial charge in [-0.15, -0.1) is 0 Å². The van der Waals surface area contributed by atoms with E-state index < -0.39 is 0 Å². The number of nitrogens with one attached hydrogen (secondary N) is 1. The molecule has 0 spiro atoms. The number of piperidine rings is 1. The van der Waals surface area contributed by atoms with E-state index in [0.29, 0.717) is 17.5 Å². The van der Waals surface area contributed by atoms with E-state index in [4.69, 9.17) is 0 Å². The summed E-state index contributed by atoms with van der Waals surface area (Å²) in [5, 5.41) is 2.72. The molecule has 25 heavy (non-hydrogen) atoms. The van der Waals surface area contributed by atoms with E-state index >= 15 is 0 Å². The lowest BCUT2D eigenvalue weighted by Crippen LogP contribution is -2.51. The zero-order chi connectivity index (χ0) is 18.6. The smallest absolute Gasteiger partial charge is 0.239 e. The van der Waals surface area contributed by atoms with Gasteiger partial charge in [-0.3, -0.25) is 14.5 Å². The van der Waals surface area contributed by atoms with Crippen LogP contribution in [0.2, 0.25) is 0 Å². The highest BCUT2D eigenvalue weighted by Gasteiger charge is 2.30. The monoisotopic (exact) mass is 349 g/mol. The Balaban J connectivity index is 1.88. The van der Waals surface area contributed by atoms with Crippen molar-refractivity contribution in [3.63, 3.8) is 0 Å². The van der Waals surface area contributed by atoms with Crippen LogP contribution in [-0.4, -0.2) is 54.3 Å². The molecule has 1 aliphatic rings. The number of benzene rings is 1. The first-order valence-corrected chi connectivity index (χ1v) is 8.80. The summed E-state index contributed by atoms with van der Waals surface area (Å²) in [5.41, 5.74) is 0.539. The van der Waals surface area contributed by atoms with E-state index in [0.717, 1.165) is 19.5 Å². The molecule has 1 aliphatic heterocycles. The van der Waals surface area contributed by atoms with Crippen molar-refractivity contribution in [2.75, 3.05) is 32.0 Å². The van der Waals surface area contributed by atoms with Gasteiger partial charge >= 0.3 is 0 Å². The minimum absolute atomic E-state index is 0.0653. The van der Waals surface area contributed by atoms with Crippen LogP contribution < -0.4 is 5.32 Å². The molecule has 0 bridgehead atoms. The van der Waals surface area contributed by atoms with Crippen molar-refractivity contribution in [3.8, 4) is 0 Å². The van der Waals surface area contributed by atoms with E-state index in [-0.39, 0.29) is 30.2 Å². The average Bonchev–Trinajstić information content (AvgIpc) is 2.54. The molecule has 138 valence electrons. The molecule has 1 aromatic rings. The predicted molar refractivity (Wildman–Crippen MR) is 96.6 cm³/mol. The van der Waals surface area contributed by atoms with Crippen LogP contribution in [0.1, 0.15) is 27.2 Å². The van der Waals surface area contributed by atoms with Gasteiger partial charge in [0.25, 0.3) is 0 Å². The third-order valence-corrected chi connectivity index (χ3v) is 4.72. The van der Waals surface area contributed by atoms with Gasteiger partial charge in [0, 0.05) is 18.8 Å². The number of amides is 2. The quantitative estimate of drug-likeness (QED) is 0.889. The Morgan fingerprint density at radius 1 is 1.24 bits per heavy atom. The highest BCUT2D eigenvalue weighted by atomic mass is 19.1. The van der Waals surface area contributed by atoms with Crippen LogP contribution in [0.5, 0.6) is 0 Å². The Morgan fingerprint density at radius 2 is 1.80 bits per heavy atom. The van der Waals surface area contributed by atoms with E-state index in [2.05, 4.69) is 19.2 Å². The predicted octanol–water partition coefficient (Wildman–Crippen LogP) is 2.59. The molecule has 0 unspecified atom stereocenters. The number of likely N-dealkylation sites (tertiary alicyclic amines) is 1. The van der Waals surface area contributed by atoms with Gasteiger partial charge in [0.1, 0.15) is 5.82 Å². The fraction of sp³-hybridized carbons (Fsp3) is 0.579. The summed E-state index contributed by atoms with van der Waals surface area (Å²) in [4.78, 5) is 28.5. The van der Waals surface area contributed by atoms with Gasteiger partial charge in [-0.2, -0.15) is 0 Å². The van der Waals surface area contributed by atoms with Crippen LogP contribution in [0.15, 0.2) is 24.3 Å². The number of hydrogen-bond donors (Lipinski definition) is 1. The first-order valence-electron chi connectivity index (χ1n) is 8.80. The molecule has 3 atom stereocenters. The maximum atomic E-state index is 12.9. The summed E-state index contributed by atoms with van der Waals surface area (Å²) in [5.74, 6) is 0.503. The molecule has 1 fully saturated rings. The summed E-state index contributed by atoms with van der Waals surface area (Å²) in [7, 11) is 1.77. The molecule has 5 nitrogen and oxygen atoms in total. The molecule has 6 heteroatoms. The van der Waals surface area contributed by atoms with Crippen molar-refractivity contribution in [1.29, 1.82) is 0 Å². The van der Waals surface area contributed by atoms with Gasteiger partial charge in [-0.25, -0.2) is 4.39 Å². The van der Waals surface area contributed by atoms with Gasteiger partial charge in [0.05, 0.1) is 12.6 Å². The van der Waals surface area contributed by atoms with E-state index in [1.165, 1.54) is 24.3 Å². The summed E-state index contributed by atoms with van der Waals surface area (Å²) in [6.07, 6.45) is 1.15. The molecule has 1 N–H and O–H groups in total. The molecule has 0 radical (unpaired) electrons. The second-order valence-corrected chi connectivity index (χ2v) is 7.34. The van der Waals surface area contributed by atoms with Crippen molar-refractivity contribution in [3.05, 3.63) is 30.1 Å². The van der Waals surface area contributed by atoms with Crippen LogP contribution >= 0.6 is 0 Å². The van der Waals surface area contributed by atoms with Crippen LogP contribution in [0.25, 0.3) is 0 Å². The third kappa shape index (κ3) is 5.53. The van der Waals surface area contributed by atoms with Gasteiger partial charge < -0.3 is 10.2 Å². The highest BCUT2D eigenvalue weighted by Crippen LogP contribution is 2.22. The average molecular weight is 349 g/mol. The van der Waals surface area contributed by atoms with Crippen molar-refractivity contribution in [1.82, 2.24) is 9.80 Å². The Hall–Kier alpha value is -1.95. The lowest BCUT2D eigenvalue weighted by Gasteiger charge is -2.38. The van der Waals surface area contributed by atoms with Crippen LogP contribution in [0.3, 0.4) is 0 Å². The fourth-order valence-electron chi connectivity index (χ4n) is 3.39. The lowest BCUT2D eigenvalue weighted by atomic mass is 9.91. The molecular weight excluding hydrogens is 321 g/mol. The second-order valence-electron chi connectivity index (χ2n) is 7.34. The van der Waals surface area contributed by atoms with Crippen LogP contribution in [-0.2, 0) is 9.59 Å². The molecule has 2 amide bonds. The number of carbonyl (C=O) groups is 2. The zero-order valence-corrected chi connectivity index (χ0v) is 15.5. The van der Waals surface area contributed by atoms with E-state index in [1.807, 2.05) is 11.8 Å². The van der Waals surface area contributed by atoms with E-state index in [1.54, 1.807) is 11.9 Å². The molecule has 1 saturated heterocycles. The molecule has 1 heterocycles. The highest BCUT2D eigenvalue weighted by molar-refractivity contribution is 5.92. The Morgan fingerprint density at radius 3 is 2.36 bits per heavy atom. The third-order valence-electron chi connectivity index (χ3n) is 4.72. The van der Waals surface area contributed by atoms with Crippen molar-refractivity contribution in [2.45, 2.75) is 33.2 Å². The summed E-state index contributed by atoms with van der Waals surface area (Å²) in [6.45, 7) is 7.83. The maximum absolute atomic E-state index is 12.9. The number of halogens is 1. The number of rotatable bonds is 5. The minimum Gasteiger partial charge on any atom is -0.341 e. The standard InChI is InChI=1S/C19H28FN3O2/c1-13-9-14(2)11-23(10-13)19(25)15(3)22(4)12-18(24)21-17-7-5-16(20)6-8-17/h5-8,13-15H,9-12H2,1-4H3,(H,21,24)/t13-,14-,15+/m1/s1. The molecule has 2 rings (SSSR count). The zero-order valence-electron chi connectivity index (χ0n) is 15.5. The summed E-state index contributed by atoms with van der Waals surface area (Å²) in [6, 6.07) is 5.25. The Bertz CT molecular complexity index is 595. The minimum atomic E-state index is -0.364. The molecule has 0 aromatic heterocycles. The maximum Gasteiger partial charge on any atom is 0.239 e. The first kappa shape index (κ1) is 19.4. The summed E-state index contributed by atoms with van der Waals surface area (Å²) >= 11 is 0. The Kier molecular flexibility index (Phi) is 6.53. The second kappa shape index (κ2) is 8.43. The number of nitrogens with zero attached hydrogens (tertiary/aromatic N) is 2. The van der Waals surface area contributed by atoms with Gasteiger partial charge in [-0.1, -0.05) is 13.8 Å². The van der Waals surface area contributed by atoms with Gasteiger partial charge in [0.15, 0.2) is 0 Å². The van der Waals surface area contributed by atoms with Crippen LogP contribution in [0.4, 0.5) is 10.1 Å². The number of hydrogen-bond acceptors (Lipinski definition) is 3. The van der Waals surface area contributed by atoms with Gasteiger partial charge in [-0.05, 0) is 56.5 Å². The number of carbonyl (C=O) groups excluding carboxylic acids is 2. The van der Waals surface area contributed by atoms with Crippen LogP contribution in [0, 0.1) is 17.7 Å². The fourth-order valence-corrected chi connectivity index (χ4v) is 3.39. The SMILES string of the molecule is C[C@@H]1C[C@@H](C)CN(C(=O)[C@H](C)N(C)CC(=O)Nc2ccc(F)cc2)C1. The normalized spacial score (nSPS) is 21.9. The largest absolute Gasteiger partial charge is 0.341 e. The lowest BCUT2D eigenvalue weighted by molar-refractivity contribution is -0.139.